The zero-order valence-electron chi connectivity index (χ0n) is 7.61. The minimum atomic E-state index is -2.81. The smallest absolute Gasteiger partial charge is 0.314 e. The van der Waals surface area contributed by atoms with Crippen molar-refractivity contribution in [1.29, 1.82) is 0 Å². The van der Waals surface area contributed by atoms with Gasteiger partial charge < -0.3 is 13.7 Å². The third-order valence-corrected chi connectivity index (χ3v) is 5.75. The topological polar surface area (TPSA) is 45.5 Å². The molecule has 0 N–H and O–H groups in total. The Labute approximate surface area is 113 Å². The van der Waals surface area contributed by atoms with E-state index in [1.165, 1.54) is 14.2 Å². The van der Waals surface area contributed by atoms with Crippen molar-refractivity contribution in [1.82, 2.24) is 9.94 Å². The van der Waals surface area contributed by atoms with Crippen molar-refractivity contribution in [3.8, 4) is 0 Å². The molecule has 0 aromatic carbocycles. The molecule has 0 aliphatic carbocycles. The van der Waals surface area contributed by atoms with E-state index in [2.05, 4.69) is 37.0 Å². The minimum Gasteiger partial charge on any atom is -0.314 e. The van der Waals surface area contributed by atoms with Crippen molar-refractivity contribution in [3.63, 3.8) is 0 Å². The van der Waals surface area contributed by atoms with Crippen LogP contribution in [0.1, 0.15) is 0 Å². The first-order valence-corrected chi connectivity index (χ1v) is 7.96. The van der Waals surface area contributed by atoms with Gasteiger partial charge in [-0.25, -0.2) is 0 Å². The van der Waals surface area contributed by atoms with Gasteiger partial charge in [-0.15, -0.1) is 5.10 Å². The summed E-state index contributed by atoms with van der Waals surface area (Å²) in [5.74, 6) is 0. The molecule has 0 saturated heterocycles. The van der Waals surface area contributed by atoms with Gasteiger partial charge in [0.25, 0.3) is 0 Å². The first-order chi connectivity index (χ1) is 6.93. The summed E-state index contributed by atoms with van der Waals surface area (Å²) in [7, 11) is 2.80. The average Bonchev–Trinajstić information content (AvgIpc) is 2.46. The molecule has 0 amide bonds. The minimum absolute atomic E-state index is 0.378. The fourth-order valence-electron chi connectivity index (χ4n) is 0.627. The van der Waals surface area contributed by atoms with Crippen molar-refractivity contribution >= 4 is 62.0 Å². The number of nitrogens with zero attached hydrogens (tertiary/aromatic N) is 2. The number of rotatable bonds is 4. The lowest BCUT2D eigenvalue weighted by Gasteiger charge is -2.17. The molecule has 0 aliphatic rings. The molecule has 0 spiro atoms. The normalized spacial score (nSPS) is 11.8. The Kier molecular flexibility index (Phi) is 5.04. The molecule has 0 bridgehead atoms. The quantitative estimate of drug-likeness (QED) is 0.727. The van der Waals surface area contributed by atoms with E-state index >= 15 is 0 Å². The van der Waals surface area contributed by atoms with E-state index in [4.69, 9.17) is 37.1 Å². The highest BCUT2D eigenvalue weighted by atomic mass is 79.9. The number of hydrogen-bond donors (Lipinski definition) is 0. The van der Waals surface area contributed by atoms with Gasteiger partial charge in [-0.3, -0.25) is 0 Å². The molecule has 86 valence electrons. The Balaban J connectivity index is 2.99. The summed E-state index contributed by atoms with van der Waals surface area (Å²) in [6, 6.07) is 0. The maximum Gasteiger partial charge on any atom is 0.401 e. The maximum atomic E-state index is 5.85. The molecule has 1 aromatic heterocycles. The Morgan fingerprint density at radius 2 is 1.93 bits per heavy atom. The lowest BCUT2D eigenvalue weighted by atomic mass is 10.7. The monoisotopic (exact) mass is 398 g/mol. The Hall–Kier alpha value is 0.830. The van der Waals surface area contributed by atoms with Crippen molar-refractivity contribution in [2.24, 2.45) is 0 Å². The largest absolute Gasteiger partial charge is 0.401 e. The van der Waals surface area contributed by atoms with Gasteiger partial charge in [0.2, 0.25) is 0 Å². The Morgan fingerprint density at radius 3 is 2.27 bits per heavy atom. The van der Waals surface area contributed by atoms with Crippen LogP contribution in [-0.4, -0.2) is 24.2 Å². The molecule has 0 saturated carbocycles. The van der Waals surface area contributed by atoms with Gasteiger partial charge in [0, 0.05) is 26.0 Å². The third kappa shape index (κ3) is 3.15. The molecule has 5 nitrogen and oxygen atoms in total. The van der Waals surface area contributed by atoms with Crippen LogP contribution in [0.4, 0.5) is 0 Å². The lowest BCUT2D eigenvalue weighted by molar-refractivity contribution is 0.158. The van der Waals surface area contributed by atoms with Crippen LogP contribution in [0.25, 0.3) is 0 Å². The highest BCUT2D eigenvalue weighted by Crippen LogP contribution is 2.45. The van der Waals surface area contributed by atoms with Crippen LogP contribution < -0.4 is 4.62 Å². The molecule has 15 heavy (non-hydrogen) atoms. The fraction of sp³-hybridized carbons (Fsp3) is 0.400. The van der Waals surface area contributed by atoms with E-state index in [0.29, 0.717) is 14.2 Å². The first kappa shape index (κ1) is 13.9. The molecule has 0 unspecified atom stereocenters. The summed E-state index contributed by atoms with van der Waals surface area (Å²) in [5, 5.41) is 4.30. The van der Waals surface area contributed by atoms with Crippen LogP contribution in [-0.2, 0) is 20.9 Å². The molecule has 1 heterocycles. The zero-order chi connectivity index (χ0) is 11.6. The summed E-state index contributed by atoms with van der Waals surface area (Å²) < 4.78 is 16.0. The van der Waals surface area contributed by atoms with Gasteiger partial charge in [-0.2, -0.15) is 0 Å². The summed E-state index contributed by atoms with van der Waals surface area (Å²) >= 11 is 17.2. The van der Waals surface area contributed by atoms with Gasteiger partial charge in [-0.1, -0.05) is 16.4 Å². The van der Waals surface area contributed by atoms with Crippen LogP contribution in [0, 0.1) is 0 Å². The molecule has 0 atom stereocenters. The second kappa shape index (κ2) is 5.44. The third-order valence-electron chi connectivity index (χ3n) is 1.33. The van der Waals surface area contributed by atoms with Crippen molar-refractivity contribution in [2.75, 3.05) is 14.2 Å². The zero-order valence-corrected chi connectivity index (χ0v) is 13.2. The molecular formula is C5H6Br2ClN2O3PS. The van der Waals surface area contributed by atoms with Crippen LogP contribution in [0.2, 0.25) is 5.02 Å². The van der Waals surface area contributed by atoms with Crippen molar-refractivity contribution < 1.29 is 13.7 Å². The van der Waals surface area contributed by atoms with Gasteiger partial charge in [-0.05, 0) is 31.9 Å². The predicted octanol–water partition coefficient (Wildman–Crippen LogP) is 3.01. The van der Waals surface area contributed by atoms with Gasteiger partial charge in [0.15, 0.2) is 9.21 Å². The van der Waals surface area contributed by atoms with E-state index in [1.807, 2.05) is 0 Å². The maximum absolute atomic E-state index is 5.85. The summed E-state index contributed by atoms with van der Waals surface area (Å²) in [4.78, 5) is 1.11. The molecule has 0 radical (unpaired) electrons. The first-order valence-electron chi connectivity index (χ1n) is 3.44. The van der Waals surface area contributed by atoms with Crippen molar-refractivity contribution in [2.45, 2.75) is 0 Å². The fourth-order valence-corrected chi connectivity index (χ4v) is 2.57. The SMILES string of the molecule is COP(=S)(OC)On1nc(Br)c(Cl)c1Br. The number of halogens is 3. The second-order valence-corrected chi connectivity index (χ2v) is 7.17. The van der Waals surface area contributed by atoms with E-state index in [9.17, 15) is 0 Å². The van der Waals surface area contributed by atoms with E-state index in [0.717, 1.165) is 4.85 Å². The van der Waals surface area contributed by atoms with Gasteiger partial charge >= 0.3 is 6.72 Å². The van der Waals surface area contributed by atoms with E-state index in [-0.39, 0.29) is 0 Å². The Bertz CT molecular complexity index is 407. The molecule has 1 rings (SSSR count). The van der Waals surface area contributed by atoms with Crippen molar-refractivity contribution in [3.05, 3.63) is 14.2 Å². The van der Waals surface area contributed by atoms with Gasteiger partial charge in [0.05, 0.1) is 0 Å². The highest BCUT2D eigenvalue weighted by molar-refractivity contribution is 9.11. The molecule has 0 aliphatic heterocycles. The highest BCUT2D eigenvalue weighted by Gasteiger charge is 2.23. The molecule has 1 aromatic rings. The Morgan fingerprint density at radius 1 is 1.40 bits per heavy atom. The predicted molar refractivity (Wildman–Crippen MR) is 67.5 cm³/mol. The van der Waals surface area contributed by atoms with Crippen LogP contribution in [0.3, 0.4) is 0 Å². The van der Waals surface area contributed by atoms with E-state index < -0.39 is 6.72 Å². The summed E-state index contributed by atoms with van der Waals surface area (Å²) in [6.45, 7) is -2.81. The average molecular weight is 400 g/mol. The number of hydrogen-bond acceptors (Lipinski definition) is 5. The lowest BCUT2D eigenvalue weighted by Crippen LogP contribution is -2.12. The summed E-state index contributed by atoms with van der Waals surface area (Å²) in [6.07, 6.45) is 0. The standard InChI is InChI=1S/C5H6Br2ClN2O3PS/c1-11-14(15,12-2)13-10-5(7)3(8)4(6)9-10/h1-2H3. The second-order valence-electron chi connectivity index (χ2n) is 2.16. The van der Waals surface area contributed by atoms with E-state index in [1.54, 1.807) is 0 Å². The molecular weight excluding hydrogens is 394 g/mol. The molecule has 0 fully saturated rings. The van der Waals surface area contributed by atoms with Crippen LogP contribution in [0.15, 0.2) is 9.21 Å². The van der Waals surface area contributed by atoms with Gasteiger partial charge in [0.1, 0.15) is 5.02 Å². The molecule has 10 heteroatoms. The van der Waals surface area contributed by atoms with Crippen LogP contribution >= 0.6 is 50.2 Å². The summed E-state index contributed by atoms with van der Waals surface area (Å²) in [5.41, 5.74) is 0. The van der Waals surface area contributed by atoms with Crippen LogP contribution in [0.5, 0.6) is 0 Å². The number of aromatic nitrogens is 2.